The molecule has 0 aliphatic carbocycles. The molecule has 0 aliphatic heterocycles. The first kappa shape index (κ1) is 11.7. The standard InChI is InChI=1S/C10H16N2O3/c1-7-5-11-15-8(7)9(14)12(4)10(2,3)6-13/h5,13H,6H2,1-4H3. The normalized spacial score (nSPS) is 11.5. The minimum Gasteiger partial charge on any atom is -0.394 e. The van der Waals surface area contributed by atoms with Gasteiger partial charge in [-0.1, -0.05) is 5.16 Å². The Hall–Kier alpha value is -1.36. The summed E-state index contributed by atoms with van der Waals surface area (Å²) in [6.07, 6.45) is 1.49. The molecule has 1 heterocycles. The number of aryl methyl sites for hydroxylation is 1. The fraction of sp³-hybridized carbons (Fsp3) is 0.600. The molecular weight excluding hydrogens is 196 g/mol. The van der Waals surface area contributed by atoms with Crippen molar-refractivity contribution in [2.75, 3.05) is 13.7 Å². The van der Waals surface area contributed by atoms with E-state index in [-0.39, 0.29) is 18.3 Å². The topological polar surface area (TPSA) is 66.6 Å². The van der Waals surface area contributed by atoms with Crippen molar-refractivity contribution in [2.24, 2.45) is 0 Å². The number of hydrogen-bond donors (Lipinski definition) is 1. The summed E-state index contributed by atoms with van der Waals surface area (Å²) >= 11 is 0. The Morgan fingerprint density at radius 1 is 1.67 bits per heavy atom. The van der Waals surface area contributed by atoms with E-state index in [0.29, 0.717) is 5.56 Å². The Labute approximate surface area is 88.7 Å². The van der Waals surface area contributed by atoms with Crippen LogP contribution in [0.1, 0.15) is 30.0 Å². The van der Waals surface area contributed by atoms with Gasteiger partial charge in [-0.05, 0) is 20.8 Å². The Morgan fingerprint density at radius 3 is 2.67 bits per heavy atom. The highest BCUT2D eigenvalue weighted by molar-refractivity contribution is 5.92. The zero-order valence-electron chi connectivity index (χ0n) is 9.44. The molecule has 1 rings (SSSR count). The second kappa shape index (κ2) is 4.02. The van der Waals surface area contributed by atoms with Gasteiger partial charge in [0, 0.05) is 12.6 Å². The number of aliphatic hydroxyl groups excluding tert-OH is 1. The number of rotatable bonds is 3. The average molecular weight is 212 g/mol. The minimum atomic E-state index is -0.615. The van der Waals surface area contributed by atoms with Gasteiger partial charge in [0.1, 0.15) is 0 Å². The molecule has 84 valence electrons. The van der Waals surface area contributed by atoms with E-state index in [1.54, 1.807) is 27.8 Å². The van der Waals surface area contributed by atoms with Crippen LogP contribution in [0.4, 0.5) is 0 Å². The highest BCUT2D eigenvalue weighted by atomic mass is 16.5. The molecule has 0 bridgehead atoms. The largest absolute Gasteiger partial charge is 0.394 e. The van der Waals surface area contributed by atoms with Crippen LogP contribution in [0.5, 0.6) is 0 Å². The number of likely N-dealkylation sites (N-methyl/N-ethyl adjacent to an activating group) is 1. The van der Waals surface area contributed by atoms with Gasteiger partial charge in [0.15, 0.2) is 0 Å². The summed E-state index contributed by atoms with van der Waals surface area (Å²) in [7, 11) is 1.63. The van der Waals surface area contributed by atoms with E-state index >= 15 is 0 Å². The summed E-state index contributed by atoms with van der Waals surface area (Å²) in [4.78, 5) is 13.4. The molecule has 0 saturated carbocycles. The Kier molecular flexibility index (Phi) is 3.14. The van der Waals surface area contributed by atoms with Crippen LogP contribution in [-0.2, 0) is 0 Å². The molecule has 0 aliphatic rings. The van der Waals surface area contributed by atoms with Crippen molar-refractivity contribution >= 4 is 5.91 Å². The second-order valence-corrected chi connectivity index (χ2v) is 4.17. The molecule has 0 saturated heterocycles. The van der Waals surface area contributed by atoms with Crippen molar-refractivity contribution in [1.82, 2.24) is 10.1 Å². The van der Waals surface area contributed by atoms with Crippen LogP contribution < -0.4 is 0 Å². The molecule has 5 nitrogen and oxygen atoms in total. The molecule has 0 spiro atoms. The van der Waals surface area contributed by atoms with E-state index < -0.39 is 5.54 Å². The molecule has 0 atom stereocenters. The number of aromatic nitrogens is 1. The first-order chi connectivity index (χ1) is 6.90. The summed E-state index contributed by atoms with van der Waals surface area (Å²) in [5, 5.41) is 12.7. The Bertz CT molecular complexity index is 357. The molecule has 0 aromatic carbocycles. The third kappa shape index (κ3) is 2.18. The van der Waals surface area contributed by atoms with Crippen molar-refractivity contribution in [3.63, 3.8) is 0 Å². The van der Waals surface area contributed by atoms with E-state index in [4.69, 9.17) is 9.63 Å². The third-order valence-corrected chi connectivity index (χ3v) is 2.54. The van der Waals surface area contributed by atoms with Gasteiger partial charge in [-0.3, -0.25) is 4.79 Å². The van der Waals surface area contributed by atoms with Gasteiger partial charge in [-0.2, -0.15) is 0 Å². The maximum Gasteiger partial charge on any atom is 0.293 e. The maximum atomic E-state index is 11.9. The summed E-state index contributed by atoms with van der Waals surface area (Å²) in [5.41, 5.74) is 0.0802. The van der Waals surface area contributed by atoms with Gasteiger partial charge in [-0.25, -0.2) is 0 Å². The molecule has 0 unspecified atom stereocenters. The number of carbonyl (C=O) groups excluding carboxylic acids is 1. The second-order valence-electron chi connectivity index (χ2n) is 4.17. The van der Waals surface area contributed by atoms with Crippen molar-refractivity contribution in [1.29, 1.82) is 0 Å². The third-order valence-electron chi connectivity index (χ3n) is 2.54. The van der Waals surface area contributed by atoms with Gasteiger partial charge in [0.05, 0.1) is 18.3 Å². The highest BCUT2D eigenvalue weighted by Gasteiger charge is 2.30. The fourth-order valence-electron chi connectivity index (χ4n) is 1.03. The van der Waals surface area contributed by atoms with Crippen molar-refractivity contribution in [2.45, 2.75) is 26.3 Å². The molecule has 1 amide bonds. The summed E-state index contributed by atoms with van der Waals surface area (Å²) in [6, 6.07) is 0. The van der Waals surface area contributed by atoms with Gasteiger partial charge >= 0.3 is 0 Å². The van der Waals surface area contributed by atoms with Crippen molar-refractivity contribution < 1.29 is 14.4 Å². The van der Waals surface area contributed by atoms with Gasteiger partial charge < -0.3 is 14.5 Å². The molecular formula is C10H16N2O3. The van der Waals surface area contributed by atoms with E-state index in [1.807, 2.05) is 0 Å². The first-order valence-electron chi connectivity index (χ1n) is 4.70. The van der Waals surface area contributed by atoms with Crippen LogP contribution >= 0.6 is 0 Å². The number of amides is 1. The van der Waals surface area contributed by atoms with Crippen LogP contribution in [0.25, 0.3) is 0 Å². The number of carbonyl (C=O) groups is 1. The highest BCUT2D eigenvalue weighted by Crippen LogP contribution is 2.16. The molecule has 1 aromatic rings. The molecule has 5 heteroatoms. The maximum absolute atomic E-state index is 11.9. The first-order valence-corrected chi connectivity index (χ1v) is 4.70. The molecule has 1 N–H and O–H groups in total. The lowest BCUT2D eigenvalue weighted by atomic mass is 10.0. The zero-order valence-corrected chi connectivity index (χ0v) is 9.44. The van der Waals surface area contributed by atoms with E-state index in [0.717, 1.165) is 0 Å². The van der Waals surface area contributed by atoms with E-state index in [9.17, 15) is 4.79 Å². The number of hydrogen-bond acceptors (Lipinski definition) is 4. The lowest BCUT2D eigenvalue weighted by molar-refractivity contribution is 0.0435. The van der Waals surface area contributed by atoms with Crippen LogP contribution in [0, 0.1) is 6.92 Å². The van der Waals surface area contributed by atoms with Gasteiger partial charge in [0.2, 0.25) is 5.76 Å². The predicted molar refractivity (Wildman–Crippen MR) is 54.5 cm³/mol. The van der Waals surface area contributed by atoms with Crippen molar-refractivity contribution in [3.05, 3.63) is 17.5 Å². The van der Waals surface area contributed by atoms with E-state index in [2.05, 4.69) is 5.16 Å². The quantitative estimate of drug-likeness (QED) is 0.805. The fourth-order valence-corrected chi connectivity index (χ4v) is 1.03. The number of aliphatic hydroxyl groups is 1. The number of nitrogens with zero attached hydrogens (tertiary/aromatic N) is 2. The van der Waals surface area contributed by atoms with Crippen LogP contribution in [0.15, 0.2) is 10.7 Å². The molecule has 0 radical (unpaired) electrons. The van der Waals surface area contributed by atoms with Crippen LogP contribution in [0.2, 0.25) is 0 Å². The monoisotopic (exact) mass is 212 g/mol. The summed E-state index contributed by atoms with van der Waals surface area (Å²) in [5.74, 6) is -0.0527. The van der Waals surface area contributed by atoms with Gasteiger partial charge in [-0.15, -0.1) is 0 Å². The SMILES string of the molecule is Cc1cnoc1C(=O)N(C)C(C)(C)CO. The Morgan fingerprint density at radius 2 is 2.27 bits per heavy atom. The molecule has 1 aromatic heterocycles. The average Bonchev–Trinajstić information content (AvgIpc) is 2.62. The predicted octanol–water partition coefficient (Wildman–Crippen LogP) is 0.826. The smallest absolute Gasteiger partial charge is 0.293 e. The summed E-state index contributed by atoms with van der Waals surface area (Å²) < 4.78 is 4.86. The van der Waals surface area contributed by atoms with Gasteiger partial charge in [0.25, 0.3) is 5.91 Å². The van der Waals surface area contributed by atoms with Crippen LogP contribution in [0.3, 0.4) is 0 Å². The zero-order chi connectivity index (χ0) is 11.6. The molecule has 15 heavy (non-hydrogen) atoms. The summed E-state index contributed by atoms with van der Waals surface area (Å²) in [6.45, 7) is 5.19. The minimum absolute atomic E-state index is 0.109. The van der Waals surface area contributed by atoms with Crippen molar-refractivity contribution in [3.8, 4) is 0 Å². The lowest BCUT2D eigenvalue weighted by Gasteiger charge is -2.33. The van der Waals surface area contributed by atoms with E-state index in [1.165, 1.54) is 11.1 Å². The van der Waals surface area contributed by atoms with Crippen LogP contribution in [-0.4, -0.2) is 40.3 Å². The lowest BCUT2D eigenvalue weighted by Crippen LogP contribution is -2.47. The molecule has 0 fully saturated rings. The Balaban J connectivity index is 2.92.